The molecule has 0 bridgehead atoms. The highest BCUT2D eigenvalue weighted by Gasteiger charge is 2.14. The van der Waals surface area contributed by atoms with Crippen LogP contribution in [0.4, 0.5) is 0 Å². The summed E-state index contributed by atoms with van der Waals surface area (Å²) in [7, 11) is 0. The number of benzene rings is 3. The zero-order chi connectivity index (χ0) is 26.4. The third kappa shape index (κ3) is 3.14. The fourth-order valence-electron chi connectivity index (χ4n) is 2.94. The quantitative estimate of drug-likeness (QED) is 0.472. The number of hydrogen-bond donors (Lipinski definition) is 0. The van der Waals surface area contributed by atoms with Gasteiger partial charge in [0.05, 0.1) is 21.4 Å². The molecule has 0 fully saturated rings. The van der Waals surface area contributed by atoms with Crippen LogP contribution in [0.15, 0.2) is 79.1 Å². The molecule has 0 saturated carbocycles. The van der Waals surface area contributed by atoms with E-state index in [2.05, 4.69) is 4.98 Å². The topological polar surface area (TPSA) is 41.6 Å². The summed E-state index contributed by atoms with van der Waals surface area (Å²) >= 11 is 0. The average Bonchev–Trinajstić information content (AvgIpc) is 3.11. The molecule has 0 amide bonds. The second-order valence-electron chi connectivity index (χ2n) is 5.90. The van der Waals surface area contributed by atoms with Crippen LogP contribution in [0.1, 0.15) is 29.0 Å². The molecule has 0 spiro atoms. The molecule has 0 radical (unpaired) electrons. The zero-order valence-corrected chi connectivity index (χ0v) is 14.1. The molecule has 0 aliphatic heterocycles. The van der Waals surface area contributed by atoms with Crippen molar-refractivity contribution < 1.29 is 12.3 Å². The van der Waals surface area contributed by atoms with Gasteiger partial charge in [-0.1, -0.05) is 42.4 Å². The molecule has 4 aromatic rings. The Morgan fingerprint density at radius 1 is 0.963 bits per heavy atom. The van der Waals surface area contributed by atoms with E-state index in [0.29, 0.717) is 16.7 Å². The van der Waals surface area contributed by atoms with Crippen LogP contribution in [0.25, 0.3) is 28.2 Å². The third-order valence-corrected chi connectivity index (χ3v) is 4.17. The number of nitriles is 1. The van der Waals surface area contributed by atoms with Gasteiger partial charge in [-0.2, -0.15) is 5.26 Å². The normalized spacial score (nSPS) is 16.3. The fraction of sp³-hybridized carbons (Fsp3) is 0.0833. The summed E-state index contributed by atoms with van der Waals surface area (Å²) in [6, 6.07) is 17.3. The first-order chi connectivity index (χ1) is 16.8. The highest BCUT2D eigenvalue weighted by atomic mass is 15.1. The minimum absolute atomic E-state index is 0.0237. The Morgan fingerprint density at radius 3 is 2.41 bits per heavy atom. The largest absolute Gasteiger partial charge is 0.299 e. The number of hydrogen-bond acceptors (Lipinski definition) is 2. The van der Waals surface area contributed by atoms with Gasteiger partial charge in [-0.15, -0.1) is 0 Å². The van der Waals surface area contributed by atoms with E-state index in [9.17, 15) is 5.26 Å². The van der Waals surface area contributed by atoms with Gasteiger partial charge < -0.3 is 0 Å². The summed E-state index contributed by atoms with van der Waals surface area (Å²) < 4.78 is 74.7. The summed E-state index contributed by atoms with van der Waals surface area (Å²) in [5, 5.41) is 9.30. The maximum Gasteiger partial charge on any atom is 0.144 e. The van der Waals surface area contributed by atoms with E-state index in [1.165, 1.54) is 30.3 Å². The Bertz CT molecular complexity index is 1460. The van der Waals surface area contributed by atoms with Crippen LogP contribution in [0.2, 0.25) is 0 Å². The van der Waals surface area contributed by atoms with E-state index < -0.39 is 26.0 Å². The highest BCUT2D eigenvalue weighted by Crippen LogP contribution is 2.30. The van der Waals surface area contributed by atoms with Crippen LogP contribution in [-0.2, 0) is 0 Å². The Labute approximate surface area is 171 Å². The van der Waals surface area contributed by atoms with E-state index >= 15 is 0 Å². The van der Waals surface area contributed by atoms with Crippen LogP contribution in [-0.4, -0.2) is 9.55 Å². The van der Waals surface area contributed by atoms with Crippen LogP contribution in [0.5, 0.6) is 0 Å². The first-order valence-corrected chi connectivity index (χ1v) is 8.14. The van der Waals surface area contributed by atoms with Crippen LogP contribution >= 0.6 is 0 Å². The lowest BCUT2D eigenvalue weighted by molar-refractivity contribution is 1.03. The lowest BCUT2D eigenvalue weighted by Crippen LogP contribution is -2.02. The summed E-state index contributed by atoms with van der Waals surface area (Å²) in [4.78, 5) is 4.11. The van der Waals surface area contributed by atoms with E-state index in [0.717, 1.165) is 4.57 Å². The van der Waals surface area contributed by atoms with Crippen molar-refractivity contribution in [3.05, 3.63) is 95.7 Å². The van der Waals surface area contributed by atoms with E-state index in [1.54, 1.807) is 30.3 Å². The van der Waals surface area contributed by atoms with Gasteiger partial charge in [0.25, 0.3) is 0 Å². The number of aryl methyl sites for hydroxylation is 2. The van der Waals surface area contributed by atoms with Gasteiger partial charge in [-0.05, 0) is 60.2 Å². The first kappa shape index (κ1) is 9.34. The van der Waals surface area contributed by atoms with Crippen molar-refractivity contribution in [1.29, 1.82) is 5.26 Å². The zero-order valence-electron chi connectivity index (χ0n) is 23.1. The number of rotatable bonds is 3. The van der Waals surface area contributed by atoms with Crippen molar-refractivity contribution in [2.75, 3.05) is 0 Å². The Hall–Kier alpha value is -3.64. The van der Waals surface area contributed by atoms with Gasteiger partial charge >= 0.3 is 0 Å². The molecule has 1 aromatic heterocycles. The fourth-order valence-corrected chi connectivity index (χ4v) is 2.94. The molecular weight excluding hydrogens is 330 g/mol. The predicted molar refractivity (Wildman–Crippen MR) is 109 cm³/mol. The molecule has 4 rings (SSSR count). The lowest BCUT2D eigenvalue weighted by Gasteiger charge is -2.16. The predicted octanol–water partition coefficient (Wildman–Crippen LogP) is 5.69. The maximum atomic E-state index is 9.30. The summed E-state index contributed by atoms with van der Waals surface area (Å²) in [5.41, 5.74) is 0.512. The van der Waals surface area contributed by atoms with Gasteiger partial charge in [-0.3, -0.25) is 4.57 Å². The van der Waals surface area contributed by atoms with Crippen molar-refractivity contribution in [1.82, 2.24) is 9.55 Å². The van der Waals surface area contributed by atoms with Crippen molar-refractivity contribution in [3.8, 4) is 34.3 Å². The molecule has 130 valence electrons. The molecule has 3 nitrogen and oxygen atoms in total. The molecule has 3 aromatic carbocycles. The van der Waals surface area contributed by atoms with E-state index in [1.807, 2.05) is 6.07 Å². The monoisotopic (exact) mass is 358 g/mol. The minimum atomic E-state index is -2.79. The lowest BCUT2D eigenvalue weighted by atomic mass is 9.98. The first-order valence-electron chi connectivity index (χ1n) is 12.6. The second-order valence-corrected chi connectivity index (χ2v) is 5.90. The Balaban J connectivity index is 2.13. The summed E-state index contributed by atoms with van der Waals surface area (Å²) in [5.74, 6) is -0.0237. The van der Waals surface area contributed by atoms with Crippen molar-refractivity contribution in [2.24, 2.45) is 0 Å². The van der Waals surface area contributed by atoms with Gasteiger partial charge in [0.15, 0.2) is 0 Å². The average molecular weight is 358 g/mol. The molecule has 0 aliphatic carbocycles. The smallest absolute Gasteiger partial charge is 0.144 e. The van der Waals surface area contributed by atoms with Gasteiger partial charge in [0.1, 0.15) is 5.82 Å². The summed E-state index contributed by atoms with van der Waals surface area (Å²) in [6.07, 6.45) is -0.967. The van der Waals surface area contributed by atoms with Crippen LogP contribution in [0, 0.1) is 25.0 Å². The van der Waals surface area contributed by atoms with Gasteiger partial charge in [-0.25, -0.2) is 4.98 Å². The highest BCUT2D eigenvalue weighted by molar-refractivity contribution is 5.70. The Morgan fingerprint density at radius 2 is 1.70 bits per heavy atom. The molecule has 0 unspecified atom stereocenters. The maximum absolute atomic E-state index is 9.30. The Kier molecular flexibility index (Phi) is 2.40. The molecule has 0 saturated heterocycles. The molecule has 0 aliphatic rings. The molecule has 27 heavy (non-hydrogen) atoms. The van der Waals surface area contributed by atoms with Crippen LogP contribution in [0.3, 0.4) is 0 Å². The van der Waals surface area contributed by atoms with Gasteiger partial charge in [0.2, 0.25) is 0 Å². The molecular formula is C24H19N3. The van der Waals surface area contributed by atoms with Crippen LogP contribution < -0.4 is 0 Å². The number of nitrogens with zero attached hydrogens (tertiary/aromatic N) is 3. The number of imidazole rings is 1. The van der Waals surface area contributed by atoms with E-state index in [-0.39, 0.29) is 34.2 Å². The van der Waals surface area contributed by atoms with Crippen molar-refractivity contribution in [3.63, 3.8) is 0 Å². The standard InChI is InChI=1S/C24H19N3/c1-17-13-22(20-8-4-3-5-9-20)14-18(2)23(17)27-12-11-26-24(27)21-10-6-7-19(15-21)16-25/h3-15H,1-2H3/i1D3,2D3,3D,11D,12D. The van der Waals surface area contributed by atoms with Gasteiger partial charge in [0, 0.05) is 26.1 Å². The van der Waals surface area contributed by atoms with Crippen molar-refractivity contribution >= 4 is 0 Å². The molecule has 0 atom stereocenters. The number of aromatic nitrogens is 2. The molecule has 1 heterocycles. The van der Waals surface area contributed by atoms with E-state index in [4.69, 9.17) is 12.3 Å². The third-order valence-electron chi connectivity index (χ3n) is 4.17. The van der Waals surface area contributed by atoms with Crippen molar-refractivity contribution in [2.45, 2.75) is 13.7 Å². The minimum Gasteiger partial charge on any atom is -0.299 e. The molecule has 0 N–H and O–H groups in total. The SMILES string of the molecule is [2H]c1ccc(-c2cc(C([2H])([2H])[2H])c(-n3c(-c4cccc(C#N)c4)nc([2H])c3[2H])c(C([2H])([2H])[2H])c2)cc1. The molecule has 3 heteroatoms. The summed E-state index contributed by atoms with van der Waals surface area (Å²) in [6.45, 7) is -5.57. The second kappa shape index (κ2) is 6.93.